The van der Waals surface area contributed by atoms with E-state index in [1.807, 2.05) is 0 Å². The average molecular weight is 503 g/mol. The second-order valence-corrected chi connectivity index (χ2v) is 10.3. The monoisotopic (exact) mass is 502 g/mol. The first-order valence-corrected chi connectivity index (χ1v) is 13.9. The molecule has 4 nitrogen and oxygen atoms in total. The number of allylic oxidation sites excluding steroid dienone is 9. The lowest BCUT2D eigenvalue weighted by atomic mass is 10.0. The highest BCUT2D eigenvalue weighted by atomic mass is 16.5. The maximum Gasteiger partial charge on any atom is 0.308 e. The molecule has 0 aliphatic rings. The standard InChI is InChI=1S/C32H54O4/c1-7-15-30(33)24-31(34)25-32(35)36-23-12-8-9-17-27(4)18-10-11-19-28(5)21-14-22-29(6)20-13-16-26(2)3/h7,15-16,18-19,22,30-31,33-34H,8-14,17,20-21,23-25H2,1-6H3/b15-7?,27-18+,28-19+,29-22+. The Morgan fingerprint density at radius 2 is 1.31 bits per heavy atom. The number of aliphatic hydroxyl groups excluding tert-OH is 2. The summed E-state index contributed by atoms with van der Waals surface area (Å²) in [6.07, 6.45) is 22.0. The van der Waals surface area contributed by atoms with E-state index in [0.717, 1.165) is 64.2 Å². The predicted molar refractivity (Wildman–Crippen MR) is 154 cm³/mol. The van der Waals surface area contributed by atoms with E-state index in [-0.39, 0.29) is 12.8 Å². The lowest BCUT2D eigenvalue weighted by Crippen LogP contribution is -2.21. The molecule has 0 aromatic carbocycles. The van der Waals surface area contributed by atoms with Crippen LogP contribution in [0.4, 0.5) is 0 Å². The molecule has 0 aromatic heterocycles. The van der Waals surface area contributed by atoms with Gasteiger partial charge in [0.1, 0.15) is 0 Å². The van der Waals surface area contributed by atoms with Gasteiger partial charge in [-0.05, 0) is 106 Å². The van der Waals surface area contributed by atoms with Crippen molar-refractivity contribution in [3.05, 3.63) is 58.7 Å². The normalized spacial score (nSPS) is 14.7. The third-order valence-corrected chi connectivity index (χ3v) is 6.08. The van der Waals surface area contributed by atoms with Gasteiger partial charge < -0.3 is 14.9 Å². The number of carbonyl (C=O) groups excluding carboxylic acids is 1. The highest BCUT2D eigenvalue weighted by molar-refractivity contribution is 5.69. The molecular formula is C32H54O4. The van der Waals surface area contributed by atoms with Crippen LogP contribution in [0.2, 0.25) is 0 Å². The van der Waals surface area contributed by atoms with Crippen molar-refractivity contribution in [2.75, 3.05) is 6.61 Å². The molecule has 0 fully saturated rings. The van der Waals surface area contributed by atoms with Crippen LogP contribution in [-0.2, 0) is 9.53 Å². The van der Waals surface area contributed by atoms with E-state index in [0.29, 0.717) is 6.61 Å². The number of rotatable bonds is 20. The fraction of sp³-hybridized carbons (Fsp3) is 0.656. The fourth-order valence-corrected chi connectivity index (χ4v) is 3.88. The van der Waals surface area contributed by atoms with Crippen LogP contribution in [0.1, 0.15) is 119 Å². The lowest BCUT2D eigenvalue weighted by Gasteiger charge is -2.12. The van der Waals surface area contributed by atoms with Gasteiger partial charge in [0.15, 0.2) is 0 Å². The highest BCUT2D eigenvalue weighted by Crippen LogP contribution is 2.14. The Kier molecular flexibility index (Phi) is 21.1. The van der Waals surface area contributed by atoms with Crippen LogP contribution in [0.15, 0.2) is 58.7 Å². The summed E-state index contributed by atoms with van der Waals surface area (Å²) in [7, 11) is 0. The van der Waals surface area contributed by atoms with Crippen molar-refractivity contribution in [1.82, 2.24) is 0 Å². The highest BCUT2D eigenvalue weighted by Gasteiger charge is 2.14. The summed E-state index contributed by atoms with van der Waals surface area (Å²) in [6.45, 7) is 13.2. The molecule has 2 N–H and O–H groups in total. The summed E-state index contributed by atoms with van der Waals surface area (Å²) in [5.41, 5.74) is 5.80. The van der Waals surface area contributed by atoms with Crippen LogP contribution < -0.4 is 0 Å². The molecule has 0 aliphatic heterocycles. The molecule has 4 heteroatoms. The zero-order chi connectivity index (χ0) is 27.2. The Bertz CT molecular complexity index is 735. The van der Waals surface area contributed by atoms with Gasteiger partial charge in [-0.3, -0.25) is 4.79 Å². The minimum Gasteiger partial charge on any atom is -0.466 e. The molecule has 2 atom stereocenters. The molecular weight excluding hydrogens is 448 g/mol. The molecule has 36 heavy (non-hydrogen) atoms. The number of unbranched alkanes of at least 4 members (excludes halogenated alkanes) is 3. The number of ether oxygens (including phenoxy) is 1. The molecule has 0 spiro atoms. The van der Waals surface area contributed by atoms with Crippen LogP contribution in [0.25, 0.3) is 0 Å². The molecule has 0 rings (SSSR count). The Hall–Kier alpha value is -1.91. The molecule has 0 aliphatic carbocycles. The smallest absolute Gasteiger partial charge is 0.308 e. The average Bonchev–Trinajstić information content (AvgIpc) is 2.78. The van der Waals surface area contributed by atoms with Crippen LogP contribution in [0.5, 0.6) is 0 Å². The van der Waals surface area contributed by atoms with E-state index < -0.39 is 18.2 Å². The Labute approximate surface area is 221 Å². The summed E-state index contributed by atoms with van der Waals surface area (Å²) < 4.78 is 5.20. The number of aliphatic hydroxyl groups is 2. The fourth-order valence-electron chi connectivity index (χ4n) is 3.88. The van der Waals surface area contributed by atoms with Gasteiger partial charge in [0.2, 0.25) is 0 Å². The van der Waals surface area contributed by atoms with Gasteiger partial charge in [-0.2, -0.15) is 0 Å². The Morgan fingerprint density at radius 3 is 1.89 bits per heavy atom. The van der Waals surface area contributed by atoms with E-state index >= 15 is 0 Å². The zero-order valence-electron chi connectivity index (χ0n) is 24.0. The summed E-state index contributed by atoms with van der Waals surface area (Å²) in [6, 6.07) is 0. The van der Waals surface area contributed by atoms with E-state index in [1.54, 1.807) is 19.1 Å². The van der Waals surface area contributed by atoms with Crippen LogP contribution in [0.3, 0.4) is 0 Å². The summed E-state index contributed by atoms with van der Waals surface area (Å²) in [5, 5.41) is 19.4. The van der Waals surface area contributed by atoms with Crippen LogP contribution >= 0.6 is 0 Å². The maximum absolute atomic E-state index is 11.8. The first-order valence-electron chi connectivity index (χ1n) is 13.9. The molecule has 0 bridgehead atoms. The molecule has 0 aromatic rings. The number of carbonyl (C=O) groups is 1. The van der Waals surface area contributed by atoms with E-state index in [4.69, 9.17) is 4.74 Å². The summed E-state index contributed by atoms with van der Waals surface area (Å²) >= 11 is 0. The van der Waals surface area contributed by atoms with Crippen LogP contribution in [0, 0.1) is 0 Å². The van der Waals surface area contributed by atoms with Crippen molar-refractivity contribution >= 4 is 5.97 Å². The second kappa shape index (κ2) is 22.3. The lowest BCUT2D eigenvalue weighted by molar-refractivity contribution is -0.146. The van der Waals surface area contributed by atoms with Gasteiger partial charge in [-0.25, -0.2) is 0 Å². The third kappa shape index (κ3) is 22.5. The zero-order valence-corrected chi connectivity index (χ0v) is 24.0. The van der Waals surface area contributed by atoms with Crippen molar-refractivity contribution in [3.8, 4) is 0 Å². The summed E-state index contributed by atoms with van der Waals surface area (Å²) in [4.78, 5) is 11.8. The number of esters is 1. The third-order valence-electron chi connectivity index (χ3n) is 6.08. The maximum atomic E-state index is 11.8. The molecule has 0 saturated heterocycles. The van der Waals surface area contributed by atoms with Crippen molar-refractivity contribution in [2.24, 2.45) is 0 Å². The van der Waals surface area contributed by atoms with Gasteiger partial charge >= 0.3 is 5.97 Å². The van der Waals surface area contributed by atoms with Crippen LogP contribution in [-0.4, -0.2) is 35.0 Å². The van der Waals surface area contributed by atoms with Crippen molar-refractivity contribution in [1.29, 1.82) is 0 Å². The molecule has 2 unspecified atom stereocenters. The molecule has 0 saturated carbocycles. The molecule has 206 valence electrons. The van der Waals surface area contributed by atoms with E-state index in [2.05, 4.69) is 58.9 Å². The molecule has 0 heterocycles. The summed E-state index contributed by atoms with van der Waals surface area (Å²) in [5.74, 6) is -0.403. The van der Waals surface area contributed by atoms with Crippen molar-refractivity contribution in [3.63, 3.8) is 0 Å². The van der Waals surface area contributed by atoms with Gasteiger partial charge in [0, 0.05) is 6.42 Å². The van der Waals surface area contributed by atoms with Crippen molar-refractivity contribution in [2.45, 2.75) is 131 Å². The molecule has 0 radical (unpaired) electrons. The van der Waals surface area contributed by atoms with Gasteiger partial charge in [-0.1, -0.05) is 58.7 Å². The van der Waals surface area contributed by atoms with E-state index in [9.17, 15) is 15.0 Å². The number of hydrogen-bond acceptors (Lipinski definition) is 4. The first kappa shape index (κ1) is 34.1. The quantitative estimate of drug-likeness (QED) is 0.0998. The largest absolute Gasteiger partial charge is 0.466 e. The Balaban J connectivity index is 3.88. The second-order valence-electron chi connectivity index (χ2n) is 10.3. The Morgan fingerprint density at radius 1 is 0.750 bits per heavy atom. The topological polar surface area (TPSA) is 66.8 Å². The number of hydrogen-bond donors (Lipinski definition) is 2. The van der Waals surface area contributed by atoms with Gasteiger partial charge in [0.25, 0.3) is 0 Å². The predicted octanol–water partition coefficient (Wildman–Crippen LogP) is 8.31. The van der Waals surface area contributed by atoms with E-state index in [1.165, 1.54) is 22.3 Å². The SMILES string of the molecule is CC=CC(O)CC(O)CC(=O)OCCCCC/C(C)=C/CC/C=C(\C)CC/C=C(\C)CCC=C(C)C. The van der Waals surface area contributed by atoms with Crippen molar-refractivity contribution < 1.29 is 19.7 Å². The minimum absolute atomic E-state index is 0.0721. The molecule has 0 amide bonds. The van der Waals surface area contributed by atoms with Gasteiger partial charge in [-0.15, -0.1) is 0 Å². The minimum atomic E-state index is -0.876. The van der Waals surface area contributed by atoms with Gasteiger partial charge in [0.05, 0.1) is 25.2 Å². The first-order chi connectivity index (χ1) is 17.1.